The zero-order valence-corrected chi connectivity index (χ0v) is 14.2. The van der Waals surface area contributed by atoms with E-state index in [1.165, 1.54) is 21.6 Å². The fourth-order valence-corrected chi connectivity index (χ4v) is 3.12. The second kappa shape index (κ2) is 10.1. The fourth-order valence-electron chi connectivity index (χ4n) is 0.396. The molecule has 0 amide bonds. The van der Waals surface area contributed by atoms with Gasteiger partial charge in [-0.05, 0) is 21.6 Å². The first-order valence-electron chi connectivity index (χ1n) is 4.54. The quantitative estimate of drug-likeness (QED) is 0.532. The summed E-state index contributed by atoms with van der Waals surface area (Å²) in [7, 11) is 10.7. The highest BCUT2D eigenvalue weighted by molar-refractivity contribution is 8.89. The van der Waals surface area contributed by atoms with Gasteiger partial charge in [-0.3, -0.25) is 4.98 Å². The minimum absolute atomic E-state index is 0.837. The minimum atomic E-state index is 0.837. The summed E-state index contributed by atoms with van der Waals surface area (Å²) in [6.45, 7) is 0. The van der Waals surface area contributed by atoms with Crippen molar-refractivity contribution in [2.24, 2.45) is 0 Å². The maximum atomic E-state index is 5.07. The standard InChI is InChI=1S/C6H12N2S4.C3H3NS/c1-7(2)5(9)11-12-6(10)8(3)4;1-2-5-3-4-1/h1-4H3;1-3H. The Kier molecular flexibility index (Phi) is 10.1. The summed E-state index contributed by atoms with van der Waals surface area (Å²) in [6, 6.07) is 0. The molecule has 0 N–H and O–H groups in total. The van der Waals surface area contributed by atoms with Crippen molar-refractivity contribution in [1.29, 1.82) is 0 Å². The maximum absolute atomic E-state index is 5.07. The average Bonchev–Trinajstić information content (AvgIpc) is 2.83. The first-order chi connectivity index (χ1) is 7.95. The summed E-state index contributed by atoms with van der Waals surface area (Å²) in [5, 5.41) is 1.93. The van der Waals surface area contributed by atoms with E-state index in [0.29, 0.717) is 0 Å². The molecule has 8 heteroatoms. The Morgan fingerprint density at radius 3 is 1.71 bits per heavy atom. The summed E-state index contributed by atoms with van der Waals surface area (Å²) in [6.07, 6.45) is 1.77. The topological polar surface area (TPSA) is 19.4 Å². The van der Waals surface area contributed by atoms with Crippen LogP contribution in [0.25, 0.3) is 0 Å². The summed E-state index contributed by atoms with van der Waals surface area (Å²) in [5.74, 6) is 0. The second-order valence-corrected chi connectivity index (χ2v) is 7.32. The highest BCUT2D eigenvalue weighted by Crippen LogP contribution is 2.26. The van der Waals surface area contributed by atoms with Crippen molar-refractivity contribution in [2.45, 2.75) is 0 Å². The highest BCUT2D eigenvalue weighted by Gasteiger charge is 2.04. The molecule has 0 aliphatic heterocycles. The first-order valence-corrected chi connectivity index (χ1v) is 8.45. The van der Waals surface area contributed by atoms with Crippen LogP contribution in [0, 0.1) is 0 Å². The number of hydrogen-bond donors (Lipinski definition) is 0. The van der Waals surface area contributed by atoms with Crippen molar-refractivity contribution in [3.05, 3.63) is 17.1 Å². The van der Waals surface area contributed by atoms with Gasteiger partial charge < -0.3 is 9.80 Å². The Balaban J connectivity index is 0.000000419. The van der Waals surface area contributed by atoms with Crippen LogP contribution in [0.2, 0.25) is 0 Å². The molecule has 0 aliphatic rings. The predicted octanol–water partition coefficient (Wildman–Crippen LogP) is 3.20. The normalized spacial score (nSPS) is 8.94. The van der Waals surface area contributed by atoms with Crippen molar-refractivity contribution in [1.82, 2.24) is 14.8 Å². The van der Waals surface area contributed by atoms with Crippen LogP contribution >= 0.6 is 57.4 Å². The van der Waals surface area contributed by atoms with Crippen LogP contribution in [-0.4, -0.2) is 51.6 Å². The highest BCUT2D eigenvalue weighted by atomic mass is 33.1. The van der Waals surface area contributed by atoms with E-state index in [4.69, 9.17) is 24.4 Å². The molecule has 0 bridgehead atoms. The van der Waals surface area contributed by atoms with Crippen molar-refractivity contribution in [3.63, 3.8) is 0 Å². The molecular weight excluding hydrogens is 310 g/mol. The molecule has 3 nitrogen and oxygen atoms in total. The third-order valence-electron chi connectivity index (χ3n) is 1.26. The van der Waals surface area contributed by atoms with E-state index in [1.807, 2.05) is 43.4 Å². The van der Waals surface area contributed by atoms with Crippen LogP contribution < -0.4 is 0 Å². The number of aromatic nitrogens is 1. The van der Waals surface area contributed by atoms with E-state index in [0.717, 1.165) is 8.64 Å². The summed E-state index contributed by atoms with van der Waals surface area (Å²) in [5.41, 5.74) is 1.79. The molecule has 1 aromatic heterocycles. The zero-order valence-electron chi connectivity index (χ0n) is 10.1. The Hall–Kier alpha value is 0.110. The molecule has 0 saturated heterocycles. The van der Waals surface area contributed by atoms with Gasteiger partial charge in [0.05, 0.1) is 5.51 Å². The molecule has 0 radical (unpaired) electrons. The Morgan fingerprint density at radius 1 is 1.06 bits per heavy atom. The first kappa shape index (κ1) is 17.1. The Bertz CT molecular complexity index is 286. The van der Waals surface area contributed by atoms with Gasteiger partial charge in [0.15, 0.2) is 0 Å². The van der Waals surface area contributed by atoms with Gasteiger partial charge in [-0.15, -0.1) is 11.3 Å². The van der Waals surface area contributed by atoms with E-state index in [1.54, 1.807) is 23.0 Å². The van der Waals surface area contributed by atoms with Gasteiger partial charge in [-0.1, -0.05) is 24.4 Å². The van der Waals surface area contributed by atoms with Crippen molar-refractivity contribution < 1.29 is 0 Å². The Morgan fingerprint density at radius 2 is 1.53 bits per heavy atom. The molecule has 1 rings (SSSR count). The van der Waals surface area contributed by atoms with Gasteiger partial charge in [-0.2, -0.15) is 0 Å². The third-order valence-corrected chi connectivity index (χ3v) is 5.94. The molecule has 0 unspecified atom stereocenters. The van der Waals surface area contributed by atoms with E-state index >= 15 is 0 Å². The largest absolute Gasteiger partial charge is 0.363 e. The summed E-state index contributed by atoms with van der Waals surface area (Å²) >= 11 is 11.7. The second-order valence-electron chi connectivity index (χ2n) is 3.16. The smallest absolute Gasteiger partial charge is 0.146 e. The minimum Gasteiger partial charge on any atom is -0.363 e. The van der Waals surface area contributed by atoms with Crippen LogP contribution in [-0.2, 0) is 0 Å². The molecule has 96 valence electrons. The van der Waals surface area contributed by atoms with Crippen LogP contribution in [0.15, 0.2) is 17.1 Å². The molecule has 1 heterocycles. The van der Waals surface area contributed by atoms with Gasteiger partial charge in [-0.25, -0.2) is 0 Å². The molecule has 17 heavy (non-hydrogen) atoms. The summed E-state index contributed by atoms with van der Waals surface area (Å²) in [4.78, 5) is 7.53. The lowest BCUT2D eigenvalue weighted by Crippen LogP contribution is -2.18. The predicted molar refractivity (Wildman–Crippen MR) is 89.9 cm³/mol. The van der Waals surface area contributed by atoms with E-state index in [2.05, 4.69) is 4.98 Å². The van der Waals surface area contributed by atoms with Gasteiger partial charge >= 0.3 is 0 Å². The molecule has 0 spiro atoms. The molecule has 0 fully saturated rings. The summed E-state index contributed by atoms with van der Waals surface area (Å²) < 4.78 is 1.67. The molecule has 0 atom stereocenters. The zero-order chi connectivity index (χ0) is 13.3. The van der Waals surface area contributed by atoms with Crippen LogP contribution in [0.1, 0.15) is 0 Å². The van der Waals surface area contributed by atoms with E-state index in [-0.39, 0.29) is 0 Å². The number of nitrogens with zero attached hydrogens (tertiary/aromatic N) is 3. The van der Waals surface area contributed by atoms with Crippen LogP contribution in [0.3, 0.4) is 0 Å². The monoisotopic (exact) mass is 325 g/mol. The van der Waals surface area contributed by atoms with Gasteiger partial charge in [0.25, 0.3) is 0 Å². The van der Waals surface area contributed by atoms with Crippen LogP contribution in [0.4, 0.5) is 0 Å². The van der Waals surface area contributed by atoms with E-state index in [9.17, 15) is 0 Å². The van der Waals surface area contributed by atoms with E-state index < -0.39 is 0 Å². The average molecular weight is 326 g/mol. The number of thiocarbonyl (C=S) groups is 2. The van der Waals surface area contributed by atoms with Crippen molar-refractivity contribution >= 4 is 66.0 Å². The fraction of sp³-hybridized carbons (Fsp3) is 0.444. The maximum Gasteiger partial charge on any atom is 0.146 e. The number of hydrogen-bond acceptors (Lipinski definition) is 6. The molecule has 0 aliphatic carbocycles. The van der Waals surface area contributed by atoms with Crippen molar-refractivity contribution in [3.8, 4) is 0 Å². The SMILES string of the molecule is CN(C)C(=S)SSC(=S)N(C)C.c1cscn1. The third kappa shape index (κ3) is 9.78. The van der Waals surface area contributed by atoms with Crippen molar-refractivity contribution in [2.75, 3.05) is 28.2 Å². The lowest BCUT2D eigenvalue weighted by Gasteiger charge is -2.15. The number of rotatable bonds is 0. The molecular formula is C9H15N3S5. The van der Waals surface area contributed by atoms with Gasteiger partial charge in [0.1, 0.15) is 8.64 Å². The van der Waals surface area contributed by atoms with Crippen LogP contribution in [0.5, 0.6) is 0 Å². The molecule has 0 saturated carbocycles. The van der Waals surface area contributed by atoms with Gasteiger partial charge in [0.2, 0.25) is 0 Å². The lowest BCUT2D eigenvalue weighted by atomic mass is 11.0. The lowest BCUT2D eigenvalue weighted by molar-refractivity contribution is 0.647. The number of thiazole rings is 1. The van der Waals surface area contributed by atoms with Gasteiger partial charge in [0, 0.05) is 39.8 Å². The molecule has 0 aromatic carbocycles. The Labute approximate surface area is 125 Å². The molecule has 1 aromatic rings.